The maximum Gasteiger partial charge on any atom is 0.262 e. The Morgan fingerprint density at radius 1 is 1.17 bits per heavy atom. The number of benzene rings is 1. The predicted octanol–water partition coefficient (Wildman–Crippen LogP) is 3.35. The molecule has 0 saturated heterocycles. The minimum atomic E-state index is -0.128. The average Bonchev–Trinajstić information content (AvgIpc) is 2.41. The standard InChI is InChI=1S/C14H9BrN2O/c15-12-7-9(8-17-14(12)18)10-5-6-16-13-4-2-1-3-11(10)13/h1-8H,(H,17,18). The van der Waals surface area contributed by atoms with Crippen LogP contribution < -0.4 is 5.56 Å². The van der Waals surface area contributed by atoms with Crippen LogP contribution in [0.15, 0.2) is 58.1 Å². The van der Waals surface area contributed by atoms with Gasteiger partial charge in [0.1, 0.15) is 0 Å². The van der Waals surface area contributed by atoms with E-state index >= 15 is 0 Å². The van der Waals surface area contributed by atoms with Crippen molar-refractivity contribution in [2.24, 2.45) is 0 Å². The molecule has 0 unspecified atom stereocenters. The van der Waals surface area contributed by atoms with E-state index in [1.807, 2.05) is 36.4 Å². The van der Waals surface area contributed by atoms with Crippen molar-refractivity contribution in [2.75, 3.05) is 0 Å². The summed E-state index contributed by atoms with van der Waals surface area (Å²) in [6.07, 6.45) is 3.49. The quantitative estimate of drug-likeness (QED) is 0.749. The molecule has 0 aliphatic carbocycles. The van der Waals surface area contributed by atoms with E-state index in [2.05, 4.69) is 25.9 Å². The third kappa shape index (κ3) is 1.84. The first-order valence-corrected chi connectivity index (χ1v) is 6.27. The molecule has 0 radical (unpaired) electrons. The molecule has 3 nitrogen and oxygen atoms in total. The van der Waals surface area contributed by atoms with Gasteiger partial charge in [0.15, 0.2) is 0 Å². The van der Waals surface area contributed by atoms with E-state index in [1.54, 1.807) is 12.4 Å². The molecule has 3 aromatic rings. The Morgan fingerprint density at radius 3 is 2.83 bits per heavy atom. The second kappa shape index (κ2) is 4.38. The summed E-state index contributed by atoms with van der Waals surface area (Å²) in [6.45, 7) is 0. The third-order valence-electron chi connectivity index (χ3n) is 2.82. The monoisotopic (exact) mass is 300 g/mol. The van der Waals surface area contributed by atoms with Gasteiger partial charge < -0.3 is 4.98 Å². The number of nitrogens with zero attached hydrogens (tertiary/aromatic N) is 1. The summed E-state index contributed by atoms with van der Waals surface area (Å²) < 4.78 is 0.529. The first kappa shape index (κ1) is 11.2. The van der Waals surface area contributed by atoms with E-state index in [0.717, 1.165) is 22.0 Å². The zero-order valence-electron chi connectivity index (χ0n) is 9.35. The van der Waals surface area contributed by atoms with Gasteiger partial charge in [0, 0.05) is 17.8 Å². The Kier molecular flexibility index (Phi) is 2.72. The highest BCUT2D eigenvalue weighted by Crippen LogP contribution is 2.27. The number of hydrogen-bond donors (Lipinski definition) is 1. The summed E-state index contributed by atoms with van der Waals surface area (Å²) in [7, 11) is 0. The molecule has 0 fully saturated rings. The molecular weight excluding hydrogens is 292 g/mol. The lowest BCUT2D eigenvalue weighted by Gasteiger charge is -2.06. The second-order valence-corrected chi connectivity index (χ2v) is 4.80. The van der Waals surface area contributed by atoms with E-state index < -0.39 is 0 Å². The largest absolute Gasteiger partial charge is 0.328 e. The predicted molar refractivity (Wildman–Crippen MR) is 75.5 cm³/mol. The number of para-hydroxylation sites is 1. The normalized spacial score (nSPS) is 10.7. The lowest BCUT2D eigenvalue weighted by molar-refractivity contribution is 1.22. The van der Waals surface area contributed by atoms with Gasteiger partial charge in [-0.3, -0.25) is 9.78 Å². The second-order valence-electron chi connectivity index (χ2n) is 3.94. The van der Waals surface area contributed by atoms with Gasteiger partial charge in [-0.2, -0.15) is 0 Å². The molecule has 0 atom stereocenters. The van der Waals surface area contributed by atoms with Crippen molar-refractivity contribution in [3.63, 3.8) is 0 Å². The number of halogens is 1. The van der Waals surface area contributed by atoms with Crippen molar-refractivity contribution >= 4 is 26.8 Å². The fraction of sp³-hybridized carbons (Fsp3) is 0. The number of rotatable bonds is 1. The molecule has 0 bridgehead atoms. The number of fused-ring (bicyclic) bond motifs is 1. The Hall–Kier alpha value is -1.94. The van der Waals surface area contributed by atoms with Crippen molar-refractivity contribution in [1.82, 2.24) is 9.97 Å². The van der Waals surface area contributed by atoms with Gasteiger partial charge in [-0.05, 0) is 45.3 Å². The SMILES string of the molecule is O=c1[nH]cc(-c2ccnc3ccccc23)cc1Br. The van der Waals surface area contributed by atoms with E-state index in [4.69, 9.17) is 0 Å². The number of H-pyrrole nitrogens is 1. The van der Waals surface area contributed by atoms with Crippen LogP contribution >= 0.6 is 15.9 Å². The summed E-state index contributed by atoms with van der Waals surface area (Å²) in [5.74, 6) is 0. The highest BCUT2D eigenvalue weighted by atomic mass is 79.9. The molecule has 0 saturated carbocycles. The first-order valence-electron chi connectivity index (χ1n) is 5.48. The number of aromatic amines is 1. The minimum absolute atomic E-state index is 0.128. The summed E-state index contributed by atoms with van der Waals surface area (Å²) in [4.78, 5) is 18.4. The topological polar surface area (TPSA) is 45.8 Å². The molecule has 0 amide bonds. The molecule has 18 heavy (non-hydrogen) atoms. The van der Waals surface area contributed by atoms with Crippen LogP contribution in [0, 0.1) is 0 Å². The Balaban J connectivity index is 2.31. The molecule has 0 aliphatic heterocycles. The highest BCUT2D eigenvalue weighted by molar-refractivity contribution is 9.10. The zero-order chi connectivity index (χ0) is 12.5. The Morgan fingerprint density at radius 2 is 2.00 bits per heavy atom. The molecule has 1 N–H and O–H groups in total. The van der Waals surface area contributed by atoms with Crippen LogP contribution in [0.2, 0.25) is 0 Å². The number of aromatic nitrogens is 2. The van der Waals surface area contributed by atoms with Crippen LogP contribution in [0.25, 0.3) is 22.0 Å². The first-order chi connectivity index (χ1) is 8.75. The molecule has 4 heteroatoms. The molecule has 0 aliphatic rings. The Labute approximate surface area is 112 Å². The van der Waals surface area contributed by atoms with Crippen molar-refractivity contribution in [2.45, 2.75) is 0 Å². The molecule has 2 heterocycles. The van der Waals surface area contributed by atoms with Crippen molar-refractivity contribution in [3.8, 4) is 11.1 Å². The van der Waals surface area contributed by atoms with E-state index in [1.165, 1.54) is 0 Å². The van der Waals surface area contributed by atoms with Crippen molar-refractivity contribution < 1.29 is 0 Å². The van der Waals surface area contributed by atoms with E-state index in [0.29, 0.717) is 4.47 Å². The summed E-state index contributed by atoms with van der Waals surface area (Å²) >= 11 is 3.25. The minimum Gasteiger partial charge on any atom is -0.328 e. The van der Waals surface area contributed by atoms with E-state index in [-0.39, 0.29) is 5.56 Å². The maximum absolute atomic E-state index is 11.4. The number of hydrogen-bond acceptors (Lipinski definition) is 2. The fourth-order valence-corrected chi connectivity index (χ4v) is 2.32. The van der Waals surface area contributed by atoms with Gasteiger partial charge in [0.2, 0.25) is 0 Å². The third-order valence-corrected chi connectivity index (χ3v) is 3.41. The van der Waals surface area contributed by atoms with Crippen LogP contribution in [-0.4, -0.2) is 9.97 Å². The van der Waals surface area contributed by atoms with Gasteiger partial charge in [-0.1, -0.05) is 18.2 Å². The zero-order valence-corrected chi connectivity index (χ0v) is 10.9. The average molecular weight is 301 g/mol. The van der Waals surface area contributed by atoms with Gasteiger partial charge in [-0.25, -0.2) is 0 Å². The number of pyridine rings is 2. The molecular formula is C14H9BrN2O. The van der Waals surface area contributed by atoms with Crippen LogP contribution in [-0.2, 0) is 0 Å². The van der Waals surface area contributed by atoms with Crippen molar-refractivity contribution in [3.05, 3.63) is 63.6 Å². The lowest BCUT2D eigenvalue weighted by atomic mass is 10.0. The summed E-state index contributed by atoms with van der Waals surface area (Å²) in [6, 6.07) is 11.7. The van der Waals surface area contributed by atoms with Crippen LogP contribution in [0.5, 0.6) is 0 Å². The van der Waals surface area contributed by atoms with Crippen LogP contribution in [0.1, 0.15) is 0 Å². The molecule has 1 aromatic carbocycles. The maximum atomic E-state index is 11.4. The highest BCUT2D eigenvalue weighted by Gasteiger charge is 2.05. The van der Waals surface area contributed by atoms with Crippen molar-refractivity contribution in [1.29, 1.82) is 0 Å². The van der Waals surface area contributed by atoms with Crippen LogP contribution in [0.4, 0.5) is 0 Å². The fourth-order valence-electron chi connectivity index (χ4n) is 1.96. The molecule has 0 spiro atoms. The van der Waals surface area contributed by atoms with Crippen LogP contribution in [0.3, 0.4) is 0 Å². The van der Waals surface area contributed by atoms with Gasteiger partial charge in [0.05, 0.1) is 9.99 Å². The van der Waals surface area contributed by atoms with E-state index in [9.17, 15) is 4.79 Å². The Bertz CT molecular complexity index is 775. The summed E-state index contributed by atoms with van der Waals surface area (Å²) in [5.41, 5.74) is 2.83. The molecule has 3 rings (SSSR count). The molecule has 2 aromatic heterocycles. The van der Waals surface area contributed by atoms with Gasteiger partial charge in [-0.15, -0.1) is 0 Å². The summed E-state index contributed by atoms with van der Waals surface area (Å²) in [5, 5.41) is 1.07. The molecule has 88 valence electrons. The smallest absolute Gasteiger partial charge is 0.262 e. The van der Waals surface area contributed by atoms with Gasteiger partial charge in [0.25, 0.3) is 5.56 Å². The number of nitrogens with one attached hydrogen (secondary N) is 1. The lowest BCUT2D eigenvalue weighted by Crippen LogP contribution is -2.05. The van der Waals surface area contributed by atoms with Gasteiger partial charge >= 0.3 is 0 Å².